The van der Waals surface area contributed by atoms with Crippen LogP contribution in [0.2, 0.25) is 0 Å². The van der Waals surface area contributed by atoms with Crippen molar-refractivity contribution in [1.82, 2.24) is 10.2 Å². The molecule has 9 heteroatoms. The van der Waals surface area contributed by atoms with Crippen LogP contribution in [0.15, 0.2) is 56.6 Å². The quantitative estimate of drug-likeness (QED) is 0.510. The van der Waals surface area contributed by atoms with E-state index in [0.29, 0.717) is 28.2 Å². The molecule has 1 heterocycles. The highest BCUT2D eigenvalue weighted by Crippen LogP contribution is 2.31. The third kappa shape index (κ3) is 5.05. The number of aromatic nitrogens is 2. The number of thioether (sulfide) groups is 1. The van der Waals surface area contributed by atoms with Gasteiger partial charge in [0.15, 0.2) is 0 Å². The molecule has 1 amide bonds. The fraction of sp³-hybridized carbons (Fsp3) is 0.211. The molecule has 0 aliphatic carbocycles. The highest BCUT2D eigenvalue weighted by molar-refractivity contribution is 9.10. The Morgan fingerprint density at radius 2 is 1.75 bits per heavy atom. The van der Waals surface area contributed by atoms with Crippen molar-refractivity contribution in [1.29, 1.82) is 0 Å². The zero-order valence-electron chi connectivity index (χ0n) is 15.4. The largest absolute Gasteiger partial charge is 0.497 e. The van der Waals surface area contributed by atoms with E-state index in [0.717, 1.165) is 10.2 Å². The van der Waals surface area contributed by atoms with E-state index in [1.165, 1.54) is 11.8 Å². The molecule has 0 bridgehead atoms. The predicted octanol–water partition coefficient (Wildman–Crippen LogP) is 4.64. The van der Waals surface area contributed by atoms with Crippen LogP contribution in [-0.2, 0) is 4.79 Å². The average molecular weight is 464 g/mol. The van der Waals surface area contributed by atoms with Gasteiger partial charge in [-0.2, -0.15) is 0 Å². The Bertz CT molecular complexity index is 940. The van der Waals surface area contributed by atoms with Crippen LogP contribution in [-0.4, -0.2) is 35.6 Å². The maximum Gasteiger partial charge on any atom is 0.277 e. The van der Waals surface area contributed by atoms with Crippen LogP contribution in [0.5, 0.6) is 11.5 Å². The molecular weight excluding hydrogens is 446 g/mol. The fourth-order valence-electron chi connectivity index (χ4n) is 2.29. The number of benzene rings is 2. The number of methoxy groups -OCH3 is 2. The normalized spacial score (nSPS) is 11.7. The Kier molecular flexibility index (Phi) is 6.58. The van der Waals surface area contributed by atoms with Gasteiger partial charge in [-0.1, -0.05) is 27.7 Å². The van der Waals surface area contributed by atoms with E-state index in [1.54, 1.807) is 39.3 Å². The summed E-state index contributed by atoms with van der Waals surface area (Å²) in [6.45, 7) is 1.78. The van der Waals surface area contributed by atoms with Gasteiger partial charge < -0.3 is 19.2 Å². The van der Waals surface area contributed by atoms with Crippen molar-refractivity contribution in [3.63, 3.8) is 0 Å². The van der Waals surface area contributed by atoms with Crippen LogP contribution < -0.4 is 14.8 Å². The minimum atomic E-state index is -0.420. The average Bonchev–Trinajstić information content (AvgIpc) is 3.17. The lowest BCUT2D eigenvalue weighted by Crippen LogP contribution is -2.22. The molecule has 7 nitrogen and oxygen atoms in total. The van der Waals surface area contributed by atoms with Gasteiger partial charge >= 0.3 is 0 Å². The molecule has 0 radical (unpaired) electrons. The molecule has 146 valence electrons. The van der Waals surface area contributed by atoms with Crippen LogP contribution in [0.25, 0.3) is 11.5 Å². The first-order chi connectivity index (χ1) is 13.5. The van der Waals surface area contributed by atoms with Gasteiger partial charge in [-0.05, 0) is 43.3 Å². The Hall–Kier alpha value is -2.52. The summed E-state index contributed by atoms with van der Waals surface area (Å²) >= 11 is 4.55. The second-order valence-electron chi connectivity index (χ2n) is 5.73. The molecule has 2 aromatic carbocycles. The molecule has 3 aromatic rings. The highest BCUT2D eigenvalue weighted by Gasteiger charge is 2.19. The lowest BCUT2D eigenvalue weighted by molar-refractivity contribution is -0.115. The zero-order valence-corrected chi connectivity index (χ0v) is 17.8. The molecule has 0 aliphatic rings. The smallest absolute Gasteiger partial charge is 0.277 e. The number of rotatable bonds is 7. The predicted molar refractivity (Wildman–Crippen MR) is 111 cm³/mol. The first kappa shape index (κ1) is 20.2. The fourth-order valence-corrected chi connectivity index (χ4v) is 3.23. The van der Waals surface area contributed by atoms with Crippen molar-refractivity contribution in [3.8, 4) is 23.0 Å². The van der Waals surface area contributed by atoms with Crippen LogP contribution >= 0.6 is 27.7 Å². The number of nitrogens with zero attached hydrogens (tertiary/aromatic N) is 2. The standard InChI is InChI=1S/C19H18BrN3O4S/c1-11(17(24)21-14-6-4-13(20)5-7-14)28-19-23-22-18(27-19)12-8-15(25-2)10-16(9-12)26-3/h4-11H,1-3H3,(H,21,24). The molecule has 28 heavy (non-hydrogen) atoms. The number of hydrogen-bond acceptors (Lipinski definition) is 7. The zero-order chi connectivity index (χ0) is 20.1. The maximum atomic E-state index is 12.4. The van der Waals surface area contributed by atoms with Crippen LogP contribution in [0.3, 0.4) is 0 Å². The first-order valence-electron chi connectivity index (χ1n) is 8.28. The summed E-state index contributed by atoms with van der Waals surface area (Å²) < 4.78 is 17.2. The lowest BCUT2D eigenvalue weighted by Gasteiger charge is -2.09. The summed E-state index contributed by atoms with van der Waals surface area (Å²) in [5.74, 6) is 1.39. The van der Waals surface area contributed by atoms with E-state index in [4.69, 9.17) is 13.9 Å². The molecule has 0 spiro atoms. The third-order valence-corrected chi connectivity index (χ3v) is 5.23. The number of ether oxygens (including phenoxy) is 2. The summed E-state index contributed by atoms with van der Waals surface area (Å²) in [6, 6.07) is 12.7. The van der Waals surface area contributed by atoms with Gasteiger partial charge in [-0.3, -0.25) is 4.79 Å². The van der Waals surface area contributed by atoms with Gasteiger partial charge in [-0.25, -0.2) is 0 Å². The molecule has 0 saturated heterocycles. The van der Waals surface area contributed by atoms with Crippen molar-refractivity contribution in [2.75, 3.05) is 19.5 Å². The Balaban J connectivity index is 1.68. The molecule has 3 rings (SSSR count). The minimum Gasteiger partial charge on any atom is -0.497 e. The van der Waals surface area contributed by atoms with Crippen molar-refractivity contribution >= 4 is 39.3 Å². The molecular formula is C19H18BrN3O4S. The van der Waals surface area contributed by atoms with Gasteiger partial charge in [0.2, 0.25) is 11.8 Å². The SMILES string of the molecule is COc1cc(OC)cc(-c2nnc(SC(C)C(=O)Nc3ccc(Br)cc3)o2)c1. The van der Waals surface area contributed by atoms with E-state index in [-0.39, 0.29) is 5.91 Å². The number of nitrogens with one attached hydrogen (secondary N) is 1. The van der Waals surface area contributed by atoms with Crippen LogP contribution in [0, 0.1) is 0 Å². The van der Waals surface area contributed by atoms with E-state index < -0.39 is 5.25 Å². The van der Waals surface area contributed by atoms with E-state index >= 15 is 0 Å². The van der Waals surface area contributed by atoms with Crippen molar-refractivity contribution in [3.05, 3.63) is 46.9 Å². The number of amides is 1. The molecule has 0 fully saturated rings. The Morgan fingerprint density at radius 1 is 1.11 bits per heavy atom. The summed E-state index contributed by atoms with van der Waals surface area (Å²) in [7, 11) is 3.14. The Morgan fingerprint density at radius 3 is 2.36 bits per heavy atom. The lowest BCUT2D eigenvalue weighted by atomic mass is 10.2. The first-order valence-corrected chi connectivity index (χ1v) is 9.96. The van der Waals surface area contributed by atoms with E-state index in [1.807, 2.05) is 24.3 Å². The number of carbonyl (C=O) groups is 1. The third-order valence-electron chi connectivity index (χ3n) is 3.76. The molecule has 0 aliphatic heterocycles. The molecule has 1 N–H and O–H groups in total. The second kappa shape index (κ2) is 9.11. The number of hydrogen-bond donors (Lipinski definition) is 1. The second-order valence-corrected chi connectivity index (χ2v) is 7.94. The van der Waals surface area contributed by atoms with Crippen molar-refractivity contribution in [2.45, 2.75) is 17.4 Å². The van der Waals surface area contributed by atoms with Crippen molar-refractivity contribution in [2.24, 2.45) is 0 Å². The van der Waals surface area contributed by atoms with Gasteiger partial charge in [0, 0.05) is 21.8 Å². The summed E-state index contributed by atoms with van der Waals surface area (Å²) in [4.78, 5) is 12.4. The van der Waals surface area contributed by atoms with Gasteiger partial charge in [0.05, 0.1) is 19.5 Å². The molecule has 1 atom stereocenters. The number of anilines is 1. The van der Waals surface area contributed by atoms with Gasteiger partial charge in [0.25, 0.3) is 5.22 Å². The number of halogens is 1. The van der Waals surface area contributed by atoms with Crippen molar-refractivity contribution < 1.29 is 18.7 Å². The summed E-state index contributed by atoms with van der Waals surface area (Å²) in [5.41, 5.74) is 1.39. The molecule has 1 aromatic heterocycles. The summed E-state index contributed by atoms with van der Waals surface area (Å²) in [5, 5.41) is 10.8. The maximum absolute atomic E-state index is 12.4. The minimum absolute atomic E-state index is 0.157. The van der Waals surface area contributed by atoms with Crippen LogP contribution in [0.4, 0.5) is 5.69 Å². The van der Waals surface area contributed by atoms with E-state index in [9.17, 15) is 4.79 Å². The highest BCUT2D eigenvalue weighted by atomic mass is 79.9. The van der Waals surface area contributed by atoms with Gasteiger partial charge in [-0.15, -0.1) is 10.2 Å². The van der Waals surface area contributed by atoms with Crippen LogP contribution in [0.1, 0.15) is 6.92 Å². The monoisotopic (exact) mass is 463 g/mol. The molecule has 0 saturated carbocycles. The Labute approximate surface area is 175 Å². The number of carbonyl (C=O) groups excluding carboxylic acids is 1. The van der Waals surface area contributed by atoms with Gasteiger partial charge in [0.1, 0.15) is 11.5 Å². The van der Waals surface area contributed by atoms with E-state index in [2.05, 4.69) is 31.4 Å². The summed E-state index contributed by atoms with van der Waals surface area (Å²) in [6.07, 6.45) is 0. The molecule has 1 unspecified atom stereocenters. The topological polar surface area (TPSA) is 86.5 Å².